The van der Waals surface area contributed by atoms with E-state index in [2.05, 4.69) is 66.5 Å². The van der Waals surface area contributed by atoms with Gasteiger partial charge in [-0.15, -0.1) is 0 Å². The van der Waals surface area contributed by atoms with Crippen LogP contribution in [0.25, 0.3) is 21.9 Å². The highest BCUT2D eigenvalue weighted by Crippen LogP contribution is 2.32. The Morgan fingerprint density at radius 2 is 1.77 bits per heavy atom. The molecule has 0 spiro atoms. The second-order valence-corrected chi connectivity index (χ2v) is 18.3. The van der Waals surface area contributed by atoms with Gasteiger partial charge in [-0.3, -0.25) is 14.4 Å². The molecule has 5 rings (SSSR count). The summed E-state index contributed by atoms with van der Waals surface area (Å²) in [5, 5.41) is 21.9. The Morgan fingerprint density at radius 1 is 1.02 bits per heavy atom. The number of guanidine groups is 1. The summed E-state index contributed by atoms with van der Waals surface area (Å²) in [5.74, 6) is -0.0526. The molecule has 1 atom stereocenters. The molecule has 0 aliphatic carbocycles. The summed E-state index contributed by atoms with van der Waals surface area (Å²) in [6, 6.07) is 12.9. The number of rotatable bonds is 25. The lowest BCUT2D eigenvalue weighted by atomic mass is 9.93. The van der Waals surface area contributed by atoms with Gasteiger partial charge in [-0.2, -0.15) is 4.99 Å². The van der Waals surface area contributed by atoms with E-state index in [1.807, 2.05) is 24.3 Å². The van der Waals surface area contributed by atoms with Crippen molar-refractivity contribution in [2.75, 3.05) is 42.3 Å². The molecule has 0 aliphatic heterocycles. The first kappa shape index (κ1) is 49.3. The zero-order chi connectivity index (χ0) is 46.9. The third-order valence-electron chi connectivity index (χ3n) is 9.79. The van der Waals surface area contributed by atoms with Crippen LogP contribution >= 0.6 is 21.6 Å². The molecule has 346 valence electrons. The number of aryl methyl sites for hydroxylation is 1. The number of imidazole rings is 1. The number of nitrogen functional groups attached to an aromatic ring is 1. The number of aliphatic imine (C=N–C) groups is 1. The number of pyridine rings is 1. The fraction of sp³-hybridized carbons (Fsp3) is 0.395. The number of alkyl carbamates (subject to hydrolysis) is 1. The fourth-order valence-corrected chi connectivity index (χ4v) is 8.30. The number of carboxylic acid groups (broad SMARTS) is 1. The molecule has 2 aromatic carbocycles. The molecule has 0 saturated heterocycles. The van der Waals surface area contributed by atoms with Crippen LogP contribution in [-0.2, 0) is 33.8 Å². The van der Waals surface area contributed by atoms with Gasteiger partial charge in [0.15, 0.2) is 23.9 Å². The number of carbonyl (C=O) groups excluding carboxylic acids is 4. The average Bonchev–Trinajstić information content (AvgIpc) is 3.64. The van der Waals surface area contributed by atoms with Gasteiger partial charge >= 0.3 is 12.1 Å². The van der Waals surface area contributed by atoms with E-state index < -0.39 is 24.0 Å². The number of hydrogen-bond donors (Lipinski definition) is 8. The minimum Gasteiger partial charge on any atom is -0.480 e. The number of hydrogen-bond acceptors (Lipinski definition) is 15. The van der Waals surface area contributed by atoms with Gasteiger partial charge in [-0.25, -0.2) is 29.5 Å². The van der Waals surface area contributed by atoms with E-state index in [9.17, 15) is 29.1 Å². The van der Waals surface area contributed by atoms with Gasteiger partial charge < -0.3 is 52.9 Å². The molecule has 5 aromatic rings. The van der Waals surface area contributed by atoms with Crippen LogP contribution < -0.4 is 38.5 Å². The Labute approximate surface area is 383 Å². The molecule has 20 nitrogen and oxygen atoms in total. The molecule has 1 unspecified atom stereocenters. The third-order valence-corrected chi connectivity index (χ3v) is 12.2. The monoisotopic (exact) mass is 929 g/mol. The predicted octanol–water partition coefficient (Wildman–Crippen LogP) is 4.54. The van der Waals surface area contributed by atoms with Crippen molar-refractivity contribution in [1.82, 2.24) is 40.5 Å². The first-order valence-corrected chi connectivity index (χ1v) is 23.4. The number of benzene rings is 2. The van der Waals surface area contributed by atoms with E-state index >= 15 is 0 Å². The van der Waals surface area contributed by atoms with E-state index in [4.69, 9.17) is 26.9 Å². The number of carbonyl (C=O) groups is 5. The number of amides is 3. The Morgan fingerprint density at radius 3 is 2.49 bits per heavy atom. The molecule has 0 aliphatic rings. The van der Waals surface area contributed by atoms with E-state index in [-0.39, 0.29) is 60.4 Å². The van der Waals surface area contributed by atoms with Crippen LogP contribution in [0.4, 0.5) is 22.1 Å². The number of aldehydes is 1. The number of carboxylic acids is 1. The minimum atomic E-state index is -1.29. The van der Waals surface area contributed by atoms with E-state index in [0.717, 1.165) is 41.5 Å². The maximum Gasteiger partial charge on any atom is 0.407 e. The Hall–Kier alpha value is -6.68. The molecule has 65 heavy (non-hydrogen) atoms. The van der Waals surface area contributed by atoms with Gasteiger partial charge in [0.2, 0.25) is 5.91 Å². The van der Waals surface area contributed by atoms with Crippen LogP contribution in [0.15, 0.2) is 59.7 Å². The SMILES string of the molecule is CCCCc1nc2c(N)nc3ccccc3c2n1CC(C)(C)CNC(=O)OCCSSCCNC(=O)CCC(NC(=O)c1ccc(NCc2cnc(N=C(N)N)c(C=O)n2)cc1)C(=O)O. The van der Waals surface area contributed by atoms with Crippen LogP contribution in [0.1, 0.15) is 78.8 Å². The van der Waals surface area contributed by atoms with Crippen molar-refractivity contribution in [3.8, 4) is 0 Å². The Bertz CT molecular complexity index is 2500. The van der Waals surface area contributed by atoms with Gasteiger partial charge in [-0.05, 0) is 43.2 Å². The zero-order valence-corrected chi connectivity index (χ0v) is 38.1. The van der Waals surface area contributed by atoms with Gasteiger partial charge in [-0.1, -0.05) is 67.0 Å². The topological polar surface area (TPSA) is 310 Å². The summed E-state index contributed by atoms with van der Waals surface area (Å²) in [6.45, 7) is 8.01. The molecular formula is C43H55N13O7S2. The van der Waals surface area contributed by atoms with Gasteiger partial charge in [0.1, 0.15) is 29.7 Å². The number of nitrogens with one attached hydrogen (secondary N) is 4. The standard InChI is InChI=1S/C43H55N13O7S2/c1-4-5-10-33-54-35-36(29-8-6-7-9-30(29)52-37(35)44)56(33)25-43(2,3)24-50-42(62)63-18-20-65-64-19-17-47-34(58)16-15-31(40(60)61)53-39(59)26-11-13-27(14-12-26)48-21-28-22-49-38(55-41(45)46)32(23-57)51-28/h6-9,11-14,22-23,31,48H,4-5,10,15-21,24-25H2,1-3H3,(H2,44,52)(H,47,58)(H,50,62)(H,53,59)(H,60,61)(H4,45,46,49,55). The summed E-state index contributed by atoms with van der Waals surface area (Å²) in [4.78, 5) is 82.7. The number of para-hydroxylation sites is 1. The molecule has 22 heteroatoms. The van der Waals surface area contributed by atoms with Crippen molar-refractivity contribution in [2.45, 2.75) is 72.0 Å². The smallest absolute Gasteiger partial charge is 0.407 e. The maximum absolute atomic E-state index is 12.9. The highest BCUT2D eigenvalue weighted by Gasteiger charge is 2.26. The number of aliphatic carboxylic acids is 1. The predicted molar refractivity (Wildman–Crippen MR) is 254 cm³/mol. The number of ether oxygens (including phenoxy) is 1. The van der Waals surface area contributed by atoms with Crippen molar-refractivity contribution in [2.24, 2.45) is 21.9 Å². The number of anilines is 2. The molecule has 0 bridgehead atoms. The maximum atomic E-state index is 12.9. The number of nitrogens with zero attached hydrogens (tertiary/aromatic N) is 6. The average molecular weight is 930 g/mol. The molecule has 3 heterocycles. The van der Waals surface area contributed by atoms with Crippen LogP contribution in [0, 0.1) is 5.41 Å². The first-order chi connectivity index (χ1) is 31.2. The van der Waals surface area contributed by atoms with Gasteiger partial charge in [0.05, 0.1) is 29.5 Å². The lowest BCUT2D eigenvalue weighted by molar-refractivity contribution is -0.139. The third kappa shape index (κ3) is 14.7. The van der Waals surface area contributed by atoms with Crippen molar-refractivity contribution in [3.05, 3.63) is 77.5 Å². The Balaban J connectivity index is 0.954. The second-order valence-electron chi connectivity index (χ2n) is 15.6. The highest BCUT2D eigenvalue weighted by atomic mass is 33.1. The second kappa shape index (κ2) is 23.8. The van der Waals surface area contributed by atoms with Crippen molar-refractivity contribution >= 4 is 97.0 Å². The van der Waals surface area contributed by atoms with Gasteiger partial charge in [0, 0.05) is 66.0 Å². The molecule has 3 aromatic heterocycles. The highest BCUT2D eigenvalue weighted by molar-refractivity contribution is 8.76. The lowest BCUT2D eigenvalue weighted by Crippen LogP contribution is -2.41. The van der Waals surface area contributed by atoms with Crippen LogP contribution in [0.3, 0.4) is 0 Å². The van der Waals surface area contributed by atoms with Crippen LogP contribution in [0.5, 0.6) is 0 Å². The lowest BCUT2D eigenvalue weighted by Gasteiger charge is -2.27. The number of unbranched alkanes of at least 4 members (excludes halogenated alkanes) is 1. The van der Waals surface area contributed by atoms with Crippen molar-refractivity contribution in [1.29, 1.82) is 0 Å². The number of fused-ring (bicyclic) bond motifs is 3. The summed E-state index contributed by atoms with van der Waals surface area (Å²) in [5.41, 5.74) is 20.4. The molecule has 11 N–H and O–H groups in total. The quantitative estimate of drug-likeness (QED) is 0.0131. The fourth-order valence-electron chi connectivity index (χ4n) is 6.57. The zero-order valence-electron chi connectivity index (χ0n) is 36.5. The van der Waals surface area contributed by atoms with Crippen LogP contribution in [-0.4, -0.2) is 103 Å². The molecule has 0 fully saturated rings. The van der Waals surface area contributed by atoms with E-state index in [1.54, 1.807) is 12.1 Å². The van der Waals surface area contributed by atoms with Crippen LogP contribution in [0.2, 0.25) is 0 Å². The largest absolute Gasteiger partial charge is 0.480 e. The minimum absolute atomic E-state index is 0.00302. The van der Waals surface area contributed by atoms with Crippen molar-refractivity contribution < 1.29 is 33.8 Å². The van der Waals surface area contributed by atoms with Gasteiger partial charge in [0.25, 0.3) is 5.91 Å². The summed E-state index contributed by atoms with van der Waals surface area (Å²) >= 11 is 0. The summed E-state index contributed by atoms with van der Waals surface area (Å²) < 4.78 is 7.64. The van der Waals surface area contributed by atoms with E-state index in [1.165, 1.54) is 39.9 Å². The van der Waals surface area contributed by atoms with Crippen molar-refractivity contribution in [3.63, 3.8) is 0 Å². The van der Waals surface area contributed by atoms with E-state index in [0.29, 0.717) is 60.1 Å². The summed E-state index contributed by atoms with van der Waals surface area (Å²) in [6.07, 6.45) is 3.98. The number of nitrogens with two attached hydrogens (primary N) is 3. The molecule has 0 radical (unpaired) electrons. The first-order valence-electron chi connectivity index (χ1n) is 20.9. The molecule has 0 saturated carbocycles. The molecular weight excluding hydrogens is 875 g/mol. The Kier molecular flexibility index (Phi) is 18.1. The summed E-state index contributed by atoms with van der Waals surface area (Å²) in [7, 11) is 2.99. The molecule has 3 amide bonds. The number of aromatic nitrogens is 5. The normalized spacial score (nSPS) is 11.7.